The van der Waals surface area contributed by atoms with Crippen LogP contribution in [0.15, 0.2) is 54.6 Å². The Morgan fingerprint density at radius 2 is 1.57 bits per heavy atom. The molecular weight excluding hydrogens is 356 g/mol. The van der Waals surface area contributed by atoms with Crippen molar-refractivity contribution in [2.75, 3.05) is 5.32 Å². The summed E-state index contributed by atoms with van der Waals surface area (Å²) in [4.78, 5) is 11.9. The number of anilines is 2. The molecule has 0 atom stereocenters. The van der Waals surface area contributed by atoms with E-state index in [1.54, 1.807) is 0 Å². The SMILES string of the molecule is CC(C)(C)NC(=O)OCc1ccccc1Nc1nnc(-c2ccccc2)nn1. The van der Waals surface area contributed by atoms with Crippen LogP contribution >= 0.6 is 0 Å². The first-order valence-electron chi connectivity index (χ1n) is 8.83. The lowest BCUT2D eigenvalue weighted by molar-refractivity contribution is 0.131. The summed E-state index contributed by atoms with van der Waals surface area (Å²) < 4.78 is 5.30. The fraction of sp³-hybridized carbons (Fsp3) is 0.250. The predicted molar refractivity (Wildman–Crippen MR) is 106 cm³/mol. The summed E-state index contributed by atoms with van der Waals surface area (Å²) in [5.41, 5.74) is 1.97. The smallest absolute Gasteiger partial charge is 0.407 e. The maximum atomic E-state index is 11.9. The Morgan fingerprint density at radius 1 is 0.929 bits per heavy atom. The Bertz CT molecular complexity index is 923. The first-order valence-corrected chi connectivity index (χ1v) is 8.83. The average Bonchev–Trinajstić information content (AvgIpc) is 2.67. The van der Waals surface area contributed by atoms with Crippen LogP contribution in [0.1, 0.15) is 26.3 Å². The second-order valence-corrected chi connectivity index (χ2v) is 7.15. The monoisotopic (exact) mass is 378 g/mol. The number of rotatable bonds is 5. The second kappa shape index (κ2) is 8.43. The van der Waals surface area contributed by atoms with E-state index < -0.39 is 6.09 Å². The zero-order valence-electron chi connectivity index (χ0n) is 16.0. The number of ether oxygens (including phenoxy) is 1. The zero-order valence-corrected chi connectivity index (χ0v) is 16.0. The maximum Gasteiger partial charge on any atom is 0.407 e. The number of carbonyl (C=O) groups excluding carboxylic acids is 1. The van der Waals surface area contributed by atoms with E-state index >= 15 is 0 Å². The summed E-state index contributed by atoms with van der Waals surface area (Å²) in [6.45, 7) is 5.77. The molecule has 3 aromatic rings. The van der Waals surface area contributed by atoms with Crippen molar-refractivity contribution in [1.82, 2.24) is 25.7 Å². The van der Waals surface area contributed by atoms with Crippen molar-refractivity contribution in [3.8, 4) is 11.4 Å². The number of hydrogen-bond acceptors (Lipinski definition) is 7. The third-order valence-corrected chi connectivity index (χ3v) is 3.61. The number of alkyl carbamates (subject to hydrolysis) is 1. The molecule has 1 amide bonds. The Hall–Kier alpha value is -3.55. The number of carbonyl (C=O) groups is 1. The van der Waals surface area contributed by atoms with E-state index in [1.165, 1.54) is 0 Å². The first kappa shape index (κ1) is 19.2. The number of nitrogens with zero attached hydrogens (tertiary/aromatic N) is 4. The molecule has 0 aliphatic heterocycles. The molecule has 8 nitrogen and oxygen atoms in total. The predicted octanol–water partition coefficient (Wildman–Crippen LogP) is 3.70. The van der Waals surface area contributed by atoms with Gasteiger partial charge in [0, 0.05) is 22.4 Å². The van der Waals surface area contributed by atoms with Gasteiger partial charge in [0.15, 0.2) is 0 Å². The van der Waals surface area contributed by atoms with Crippen molar-refractivity contribution in [2.24, 2.45) is 0 Å². The van der Waals surface area contributed by atoms with Crippen molar-refractivity contribution < 1.29 is 9.53 Å². The molecule has 0 aliphatic rings. The van der Waals surface area contributed by atoms with Crippen LogP contribution in [0.2, 0.25) is 0 Å². The third kappa shape index (κ3) is 5.47. The third-order valence-electron chi connectivity index (χ3n) is 3.61. The fourth-order valence-electron chi connectivity index (χ4n) is 2.36. The highest BCUT2D eigenvalue weighted by Gasteiger charge is 2.15. The van der Waals surface area contributed by atoms with E-state index in [9.17, 15) is 4.79 Å². The van der Waals surface area contributed by atoms with Gasteiger partial charge in [0.2, 0.25) is 5.82 Å². The lowest BCUT2D eigenvalue weighted by Gasteiger charge is -2.20. The van der Waals surface area contributed by atoms with Crippen molar-refractivity contribution in [1.29, 1.82) is 0 Å². The minimum Gasteiger partial charge on any atom is -0.445 e. The maximum absolute atomic E-state index is 11.9. The topological polar surface area (TPSA) is 102 Å². The average molecular weight is 378 g/mol. The number of amides is 1. The van der Waals surface area contributed by atoms with Crippen LogP contribution in [-0.2, 0) is 11.3 Å². The van der Waals surface area contributed by atoms with E-state index in [-0.39, 0.29) is 18.1 Å². The summed E-state index contributed by atoms with van der Waals surface area (Å²) in [5.74, 6) is 0.702. The standard InChI is InChI=1S/C20H22N6O2/c1-20(2,3)22-19(27)28-13-15-11-7-8-12-16(15)21-18-25-23-17(24-26-18)14-9-5-4-6-10-14/h4-12H,13H2,1-3H3,(H,22,27)(H,21,25,26). The molecule has 0 saturated heterocycles. The summed E-state index contributed by atoms with van der Waals surface area (Å²) in [6, 6.07) is 16.9. The number of hydrogen-bond donors (Lipinski definition) is 2. The van der Waals surface area contributed by atoms with Crippen molar-refractivity contribution in [3.63, 3.8) is 0 Å². The van der Waals surface area contributed by atoms with Gasteiger partial charge in [0.05, 0.1) is 0 Å². The molecule has 0 aliphatic carbocycles. The molecule has 3 rings (SSSR count). The minimum absolute atomic E-state index is 0.105. The molecule has 144 valence electrons. The van der Waals surface area contributed by atoms with Gasteiger partial charge in [-0.25, -0.2) is 4.79 Å². The van der Waals surface area contributed by atoms with E-state index in [0.29, 0.717) is 11.5 Å². The van der Waals surface area contributed by atoms with Crippen LogP contribution in [0.5, 0.6) is 0 Å². The summed E-state index contributed by atoms with van der Waals surface area (Å²) >= 11 is 0. The van der Waals surface area contributed by atoms with E-state index in [2.05, 4.69) is 31.0 Å². The number of benzene rings is 2. The molecule has 0 saturated carbocycles. The molecule has 0 spiro atoms. The fourth-order valence-corrected chi connectivity index (χ4v) is 2.36. The van der Waals surface area contributed by atoms with Crippen LogP contribution in [0, 0.1) is 0 Å². The molecule has 2 N–H and O–H groups in total. The van der Waals surface area contributed by atoms with Gasteiger partial charge < -0.3 is 15.4 Å². The van der Waals surface area contributed by atoms with E-state index in [4.69, 9.17) is 4.74 Å². The lowest BCUT2D eigenvalue weighted by atomic mass is 10.1. The Kier molecular flexibility index (Phi) is 5.78. The highest BCUT2D eigenvalue weighted by molar-refractivity contribution is 5.68. The quantitative estimate of drug-likeness (QED) is 0.698. The van der Waals surface area contributed by atoms with Gasteiger partial charge in [-0.15, -0.1) is 20.4 Å². The lowest BCUT2D eigenvalue weighted by Crippen LogP contribution is -2.40. The van der Waals surface area contributed by atoms with Crippen molar-refractivity contribution in [3.05, 3.63) is 60.2 Å². The molecule has 1 aromatic heterocycles. The van der Waals surface area contributed by atoms with E-state index in [0.717, 1.165) is 11.1 Å². The largest absolute Gasteiger partial charge is 0.445 e. The van der Waals surface area contributed by atoms with Crippen LogP contribution in [-0.4, -0.2) is 32.0 Å². The van der Waals surface area contributed by atoms with E-state index in [1.807, 2.05) is 75.4 Å². The van der Waals surface area contributed by atoms with Gasteiger partial charge in [-0.05, 0) is 26.8 Å². The minimum atomic E-state index is -0.478. The number of aromatic nitrogens is 4. The highest BCUT2D eigenvalue weighted by Crippen LogP contribution is 2.20. The first-order chi connectivity index (χ1) is 13.4. The van der Waals surface area contributed by atoms with Gasteiger partial charge >= 0.3 is 6.09 Å². The number of nitrogens with one attached hydrogen (secondary N) is 2. The normalized spacial score (nSPS) is 11.0. The molecule has 1 heterocycles. The molecule has 2 aromatic carbocycles. The zero-order chi connectivity index (χ0) is 20.0. The van der Waals surface area contributed by atoms with Crippen LogP contribution in [0.3, 0.4) is 0 Å². The van der Waals surface area contributed by atoms with Crippen LogP contribution in [0.25, 0.3) is 11.4 Å². The molecule has 0 unspecified atom stereocenters. The molecule has 28 heavy (non-hydrogen) atoms. The van der Waals surface area contributed by atoms with Gasteiger partial charge in [0.25, 0.3) is 5.95 Å². The molecule has 0 bridgehead atoms. The molecule has 0 radical (unpaired) electrons. The van der Waals surface area contributed by atoms with Crippen molar-refractivity contribution >= 4 is 17.7 Å². The molecule has 0 fully saturated rings. The second-order valence-electron chi connectivity index (χ2n) is 7.15. The number of para-hydroxylation sites is 1. The van der Waals surface area contributed by atoms with Crippen LogP contribution < -0.4 is 10.6 Å². The van der Waals surface area contributed by atoms with Gasteiger partial charge in [-0.3, -0.25) is 0 Å². The van der Waals surface area contributed by atoms with Gasteiger partial charge in [-0.1, -0.05) is 48.5 Å². The highest BCUT2D eigenvalue weighted by atomic mass is 16.5. The van der Waals surface area contributed by atoms with Gasteiger partial charge in [-0.2, -0.15) is 0 Å². The Balaban J connectivity index is 1.67. The molecular formula is C20H22N6O2. The van der Waals surface area contributed by atoms with Crippen molar-refractivity contribution in [2.45, 2.75) is 32.9 Å². The Morgan fingerprint density at radius 3 is 2.25 bits per heavy atom. The van der Waals surface area contributed by atoms with Gasteiger partial charge in [0.1, 0.15) is 6.61 Å². The molecule has 8 heteroatoms. The Labute approximate surface area is 163 Å². The summed E-state index contributed by atoms with van der Waals surface area (Å²) in [7, 11) is 0. The van der Waals surface area contributed by atoms with Crippen LogP contribution in [0.4, 0.5) is 16.4 Å². The summed E-state index contributed by atoms with van der Waals surface area (Å²) in [5, 5.41) is 22.2. The summed E-state index contributed by atoms with van der Waals surface area (Å²) in [6.07, 6.45) is -0.478.